The smallest absolute Gasteiger partial charge is 0.399 e. The van der Waals surface area contributed by atoms with E-state index >= 15 is 0 Å². The molecule has 0 spiro atoms. The van der Waals surface area contributed by atoms with E-state index in [0.29, 0.717) is 16.1 Å². The van der Waals surface area contributed by atoms with Crippen LogP contribution in [0, 0.1) is 10.1 Å². The van der Waals surface area contributed by atoms with Gasteiger partial charge >= 0.3 is 7.12 Å². The van der Waals surface area contributed by atoms with Crippen molar-refractivity contribution in [2.75, 3.05) is 0 Å². The third kappa shape index (κ3) is 3.17. The van der Waals surface area contributed by atoms with Crippen LogP contribution in [0.2, 0.25) is 5.02 Å². The molecule has 0 saturated carbocycles. The summed E-state index contributed by atoms with van der Waals surface area (Å²) in [6.45, 7) is 7.93. The summed E-state index contributed by atoms with van der Waals surface area (Å²) < 4.78 is 12.1. The molecule has 2 aromatic rings. The van der Waals surface area contributed by atoms with Gasteiger partial charge in [0.05, 0.1) is 26.7 Å². The van der Waals surface area contributed by atoms with E-state index in [1.54, 1.807) is 18.2 Å². The molecule has 1 aliphatic rings. The molecule has 1 heterocycles. The second kappa shape index (κ2) is 6.13. The number of nitro groups is 1. The van der Waals surface area contributed by atoms with E-state index in [1.165, 1.54) is 6.07 Å². The predicted octanol–water partition coefficient (Wildman–Crippen LogP) is 4.21. The Morgan fingerprint density at radius 2 is 1.64 bits per heavy atom. The summed E-state index contributed by atoms with van der Waals surface area (Å²) in [7, 11) is -0.536. The van der Waals surface area contributed by atoms with Gasteiger partial charge in [0.2, 0.25) is 0 Å². The maximum absolute atomic E-state index is 11.4. The van der Waals surface area contributed by atoms with Crippen molar-refractivity contribution >= 4 is 29.9 Å². The number of benzene rings is 2. The summed E-state index contributed by atoms with van der Waals surface area (Å²) >= 11 is 6.24. The average Bonchev–Trinajstić information content (AvgIpc) is 2.75. The van der Waals surface area contributed by atoms with Crippen molar-refractivity contribution in [1.29, 1.82) is 0 Å². The first kappa shape index (κ1) is 17.9. The highest BCUT2D eigenvalue weighted by Crippen LogP contribution is 2.38. The van der Waals surface area contributed by atoms with Gasteiger partial charge in [-0.3, -0.25) is 10.1 Å². The molecule has 0 aliphatic carbocycles. The second-order valence-electron chi connectivity index (χ2n) is 7.10. The van der Waals surface area contributed by atoms with Crippen LogP contribution in [0.25, 0.3) is 11.1 Å². The fourth-order valence-corrected chi connectivity index (χ4v) is 3.05. The Morgan fingerprint density at radius 3 is 2.24 bits per heavy atom. The minimum Gasteiger partial charge on any atom is -0.399 e. The number of hydrogen-bond donors (Lipinski definition) is 0. The maximum atomic E-state index is 11.4. The monoisotopic (exact) mass is 359 g/mol. The van der Waals surface area contributed by atoms with Crippen molar-refractivity contribution in [3.63, 3.8) is 0 Å². The van der Waals surface area contributed by atoms with Crippen molar-refractivity contribution in [3.05, 3.63) is 57.6 Å². The standard InChI is InChI=1S/C18H19BClNO4/c1-17(2)18(3,4)25-19(24-17)13-8-5-7-12(11-13)16-14(20)9-6-10-15(16)21(22)23/h5-11H,1-4H3. The zero-order valence-corrected chi connectivity index (χ0v) is 15.3. The Labute approximate surface area is 152 Å². The Balaban J connectivity index is 2.04. The van der Waals surface area contributed by atoms with Crippen molar-refractivity contribution in [2.45, 2.75) is 38.9 Å². The zero-order chi connectivity index (χ0) is 18.4. The Hall–Kier alpha value is -1.89. The van der Waals surface area contributed by atoms with Crippen molar-refractivity contribution in [3.8, 4) is 11.1 Å². The molecule has 0 radical (unpaired) electrons. The van der Waals surface area contributed by atoms with Crippen molar-refractivity contribution < 1.29 is 14.2 Å². The van der Waals surface area contributed by atoms with E-state index in [9.17, 15) is 10.1 Å². The van der Waals surface area contributed by atoms with E-state index < -0.39 is 23.2 Å². The van der Waals surface area contributed by atoms with Gasteiger partial charge in [-0.25, -0.2) is 0 Å². The van der Waals surface area contributed by atoms with Gasteiger partial charge in [-0.05, 0) is 44.8 Å². The van der Waals surface area contributed by atoms with E-state index in [-0.39, 0.29) is 5.69 Å². The average molecular weight is 360 g/mol. The number of rotatable bonds is 3. The molecule has 1 fully saturated rings. The van der Waals surface area contributed by atoms with Gasteiger partial charge in [0.1, 0.15) is 0 Å². The number of nitrogens with zero attached hydrogens (tertiary/aromatic N) is 1. The molecule has 1 aliphatic heterocycles. The van der Waals surface area contributed by atoms with E-state index in [1.807, 2.05) is 45.9 Å². The molecule has 0 N–H and O–H groups in total. The van der Waals surface area contributed by atoms with Gasteiger partial charge in [-0.1, -0.05) is 41.9 Å². The van der Waals surface area contributed by atoms with Crippen LogP contribution in [-0.4, -0.2) is 23.2 Å². The molecular weight excluding hydrogens is 340 g/mol. The molecule has 3 rings (SSSR count). The topological polar surface area (TPSA) is 61.6 Å². The van der Waals surface area contributed by atoms with Crippen LogP contribution in [0.5, 0.6) is 0 Å². The Morgan fingerprint density at radius 1 is 1.04 bits per heavy atom. The minimum atomic E-state index is -0.536. The van der Waals surface area contributed by atoms with E-state index in [2.05, 4.69) is 0 Å². The third-order valence-electron chi connectivity index (χ3n) is 4.89. The molecule has 2 aromatic carbocycles. The van der Waals surface area contributed by atoms with Gasteiger partial charge in [0, 0.05) is 6.07 Å². The predicted molar refractivity (Wildman–Crippen MR) is 99.3 cm³/mol. The Bertz CT molecular complexity index is 822. The zero-order valence-electron chi connectivity index (χ0n) is 14.6. The van der Waals surface area contributed by atoms with E-state index in [0.717, 1.165) is 5.46 Å². The molecule has 1 saturated heterocycles. The molecule has 5 nitrogen and oxygen atoms in total. The van der Waals surface area contributed by atoms with Crippen LogP contribution in [0.4, 0.5) is 5.69 Å². The normalized spacial score (nSPS) is 18.4. The van der Waals surface area contributed by atoms with Crippen LogP contribution in [0.3, 0.4) is 0 Å². The molecule has 0 unspecified atom stereocenters. The van der Waals surface area contributed by atoms with Crippen molar-refractivity contribution in [2.24, 2.45) is 0 Å². The molecular formula is C18H19BClNO4. The van der Waals surface area contributed by atoms with Crippen LogP contribution in [0.1, 0.15) is 27.7 Å². The SMILES string of the molecule is CC1(C)OB(c2cccc(-c3c(Cl)cccc3[N+](=O)[O-])c2)OC1(C)C. The van der Waals surface area contributed by atoms with Gasteiger partial charge < -0.3 is 9.31 Å². The lowest BCUT2D eigenvalue weighted by molar-refractivity contribution is -0.384. The Kier molecular flexibility index (Phi) is 4.39. The first-order chi connectivity index (χ1) is 11.6. The van der Waals surface area contributed by atoms with Crippen LogP contribution >= 0.6 is 11.6 Å². The second-order valence-corrected chi connectivity index (χ2v) is 7.51. The largest absolute Gasteiger partial charge is 0.494 e. The number of nitro benzene ring substituents is 1. The van der Waals surface area contributed by atoms with Crippen molar-refractivity contribution in [1.82, 2.24) is 0 Å². The fraction of sp³-hybridized carbons (Fsp3) is 0.333. The highest BCUT2D eigenvalue weighted by Gasteiger charge is 2.51. The maximum Gasteiger partial charge on any atom is 0.494 e. The highest BCUT2D eigenvalue weighted by molar-refractivity contribution is 6.62. The number of hydrogen-bond acceptors (Lipinski definition) is 4. The van der Waals surface area contributed by atoms with E-state index in [4.69, 9.17) is 20.9 Å². The lowest BCUT2D eigenvalue weighted by atomic mass is 9.78. The first-order valence-electron chi connectivity index (χ1n) is 8.01. The molecule has 7 heteroatoms. The number of halogens is 1. The van der Waals surface area contributed by atoms with Crippen LogP contribution in [0.15, 0.2) is 42.5 Å². The van der Waals surface area contributed by atoms with Crippen LogP contribution < -0.4 is 5.46 Å². The quantitative estimate of drug-likeness (QED) is 0.468. The molecule has 0 amide bonds. The van der Waals surface area contributed by atoms with Gasteiger partial charge in [0.25, 0.3) is 5.69 Å². The summed E-state index contributed by atoms with van der Waals surface area (Å²) in [4.78, 5) is 10.9. The lowest BCUT2D eigenvalue weighted by Crippen LogP contribution is -2.41. The molecule has 0 atom stereocenters. The van der Waals surface area contributed by atoms with Gasteiger partial charge in [-0.15, -0.1) is 0 Å². The summed E-state index contributed by atoms with van der Waals surface area (Å²) in [6.07, 6.45) is 0. The molecule has 0 aromatic heterocycles. The summed E-state index contributed by atoms with van der Waals surface area (Å²) in [6, 6.07) is 12.0. The molecule has 0 bridgehead atoms. The summed E-state index contributed by atoms with van der Waals surface area (Å²) in [5.41, 5.74) is 0.912. The molecule has 130 valence electrons. The minimum absolute atomic E-state index is 0.0291. The third-order valence-corrected chi connectivity index (χ3v) is 5.20. The van der Waals surface area contributed by atoms with Gasteiger partial charge in [0.15, 0.2) is 0 Å². The molecule has 25 heavy (non-hydrogen) atoms. The fourth-order valence-electron chi connectivity index (χ4n) is 2.77. The lowest BCUT2D eigenvalue weighted by Gasteiger charge is -2.32. The van der Waals surface area contributed by atoms with Gasteiger partial charge in [-0.2, -0.15) is 0 Å². The first-order valence-corrected chi connectivity index (χ1v) is 8.39. The highest BCUT2D eigenvalue weighted by atomic mass is 35.5. The summed E-state index contributed by atoms with van der Waals surface area (Å²) in [5.74, 6) is 0. The summed E-state index contributed by atoms with van der Waals surface area (Å²) in [5, 5.41) is 11.7. The van der Waals surface area contributed by atoms with Crippen LogP contribution in [-0.2, 0) is 9.31 Å².